The van der Waals surface area contributed by atoms with Gasteiger partial charge >= 0.3 is 0 Å². The highest BCUT2D eigenvalue weighted by molar-refractivity contribution is 7.89. The molecule has 2 amide bonds. The zero-order valence-corrected chi connectivity index (χ0v) is 20.1. The summed E-state index contributed by atoms with van der Waals surface area (Å²) < 4.78 is 39.8. The van der Waals surface area contributed by atoms with Gasteiger partial charge in [-0.05, 0) is 59.9 Å². The molecular formula is C26H25N3O6S. The first-order chi connectivity index (χ1) is 17.4. The number of benzene rings is 3. The number of amides is 2. The normalized spacial score (nSPS) is 15.1. The summed E-state index contributed by atoms with van der Waals surface area (Å²) in [5.41, 5.74) is 2.96. The van der Waals surface area contributed by atoms with Crippen LogP contribution in [0.4, 0.5) is 5.69 Å². The molecule has 0 spiro atoms. The summed E-state index contributed by atoms with van der Waals surface area (Å²) in [6.07, 6.45) is 0.921. The molecule has 0 unspecified atom stereocenters. The monoisotopic (exact) mass is 507 g/mol. The Hall–Kier alpha value is -3.89. The molecule has 0 saturated heterocycles. The van der Waals surface area contributed by atoms with Crippen molar-refractivity contribution in [2.45, 2.75) is 36.7 Å². The number of hydrogen-bond acceptors (Lipinski definition) is 6. The first-order valence-electron chi connectivity index (χ1n) is 11.5. The van der Waals surface area contributed by atoms with E-state index in [1.807, 2.05) is 36.4 Å². The number of aryl methyl sites for hydroxylation is 1. The molecule has 36 heavy (non-hydrogen) atoms. The number of sulfonamides is 1. The van der Waals surface area contributed by atoms with E-state index in [-0.39, 0.29) is 30.6 Å². The average molecular weight is 508 g/mol. The van der Waals surface area contributed by atoms with Gasteiger partial charge in [0.2, 0.25) is 28.6 Å². The van der Waals surface area contributed by atoms with Gasteiger partial charge in [-0.2, -0.15) is 4.72 Å². The van der Waals surface area contributed by atoms with Crippen LogP contribution in [-0.2, 0) is 39.0 Å². The maximum absolute atomic E-state index is 13.3. The van der Waals surface area contributed by atoms with Crippen LogP contribution in [0.3, 0.4) is 0 Å². The predicted molar refractivity (Wildman–Crippen MR) is 132 cm³/mol. The summed E-state index contributed by atoms with van der Waals surface area (Å²) in [6, 6.07) is 18.1. The van der Waals surface area contributed by atoms with E-state index in [2.05, 4.69) is 15.4 Å². The zero-order valence-electron chi connectivity index (χ0n) is 19.3. The van der Waals surface area contributed by atoms with Crippen LogP contribution in [0.1, 0.15) is 23.1 Å². The topological polar surface area (TPSA) is 123 Å². The van der Waals surface area contributed by atoms with Crippen LogP contribution in [0, 0.1) is 0 Å². The van der Waals surface area contributed by atoms with E-state index in [4.69, 9.17) is 9.47 Å². The van der Waals surface area contributed by atoms with Crippen LogP contribution in [0.15, 0.2) is 71.6 Å². The lowest BCUT2D eigenvalue weighted by molar-refractivity contribution is -0.123. The molecule has 1 atom stereocenters. The molecule has 3 aromatic carbocycles. The van der Waals surface area contributed by atoms with Crippen LogP contribution in [-0.4, -0.2) is 33.1 Å². The van der Waals surface area contributed by atoms with E-state index in [9.17, 15) is 18.0 Å². The average Bonchev–Trinajstić information content (AvgIpc) is 3.35. The second kappa shape index (κ2) is 10.00. The molecule has 2 heterocycles. The molecule has 0 fully saturated rings. The van der Waals surface area contributed by atoms with Crippen molar-refractivity contribution in [2.75, 3.05) is 12.1 Å². The third-order valence-electron chi connectivity index (χ3n) is 6.08. The van der Waals surface area contributed by atoms with Crippen LogP contribution in [0.25, 0.3) is 0 Å². The number of hydrogen-bond donors (Lipinski definition) is 3. The van der Waals surface area contributed by atoms with Gasteiger partial charge in [0.25, 0.3) is 0 Å². The molecule has 0 bridgehead atoms. The summed E-state index contributed by atoms with van der Waals surface area (Å²) in [5, 5.41) is 5.57. The molecule has 9 nitrogen and oxygen atoms in total. The second-order valence-corrected chi connectivity index (χ2v) is 10.4. The molecule has 10 heteroatoms. The summed E-state index contributed by atoms with van der Waals surface area (Å²) in [4.78, 5) is 24.9. The van der Waals surface area contributed by atoms with Crippen LogP contribution < -0.4 is 24.8 Å². The van der Waals surface area contributed by atoms with Gasteiger partial charge in [-0.1, -0.05) is 36.4 Å². The van der Waals surface area contributed by atoms with Crippen molar-refractivity contribution in [2.24, 2.45) is 0 Å². The second-order valence-electron chi connectivity index (χ2n) is 8.64. The standard InChI is InChI=1S/C26H25N3O6S/c30-25-11-7-19-14-20(8-9-21(19)28-25)36(32,33)29-22(12-17-4-2-1-3-5-17)26(31)27-15-18-6-10-23-24(13-18)35-16-34-23/h1-6,8-10,13-14,22,29H,7,11-12,15-16H2,(H,27,31)(H,28,30)/t22-/m1/s1. The highest BCUT2D eigenvalue weighted by Crippen LogP contribution is 2.32. The molecular weight excluding hydrogens is 482 g/mol. The van der Waals surface area contributed by atoms with Crippen LogP contribution >= 0.6 is 0 Å². The summed E-state index contributed by atoms with van der Waals surface area (Å²) in [7, 11) is -4.02. The summed E-state index contributed by atoms with van der Waals surface area (Å²) in [6.45, 7) is 0.349. The molecule has 0 radical (unpaired) electrons. The summed E-state index contributed by atoms with van der Waals surface area (Å²) in [5.74, 6) is 0.694. The number of fused-ring (bicyclic) bond motifs is 2. The third kappa shape index (κ3) is 5.34. The SMILES string of the molecule is O=C1CCc2cc(S(=O)(=O)N[C@H](Cc3ccccc3)C(=O)NCc3ccc4c(c3)OCO4)ccc2N1. The quantitative estimate of drug-likeness (QED) is 0.431. The fourth-order valence-corrected chi connectivity index (χ4v) is 5.43. The largest absolute Gasteiger partial charge is 0.454 e. The van der Waals surface area contributed by atoms with Crippen molar-refractivity contribution < 1.29 is 27.5 Å². The van der Waals surface area contributed by atoms with E-state index in [1.54, 1.807) is 24.3 Å². The lowest BCUT2D eigenvalue weighted by atomic mass is 10.0. The van der Waals surface area contributed by atoms with Gasteiger partial charge in [0.15, 0.2) is 11.5 Å². The molecule has 2 aliphatic heterocycles. The fraction of sp³-hybridized carbons (Fsp3) is 0.231. The van der Waals surface area contributed by atoms with Gasteiger partial charge < -0.3 is 20.1 Å². The number of rotatable bonds is 8. The predicted octanol–water partition coefficient (Wildman–Crippen LogP) is 2.51. The Morgan fingerprint density at radius 3 is 2.58 bits per heavy atom. The van der Waals surface area contributed by atoms with Crippen LogP contribution in [0.5, 0.6) is 11.5 Å². The number of carbonyl (C=O) groups excluding carboxylic acids is 2. The number of anilines is 1. The van der Waals surface area contributed by atoms with Gasteiger partial charge in [-0.3, -0.25) is 9.59 Å². The van der Waals surface area contributed by atoms with Gasteiger partial charge in [0, 0.05) is 18.7 Å². The smallest absolute Gasteiger partial charge is 0.241 e. The third-order valence-corrected chi connectivity index (χ3v) is 7.55. The van der Waals surface area contributed by atoms with Gasteiger partial charge in [0.05, 0.1) is 4.90 Å². The Balaban J connectivity index is 1.34. The van der Waals surface area contributed by atoms with E-state index >= 15 is 0 Å². The Bertz CT molecular complexity index is 1410. The van der Waals surface area contributed by atoms with Crippen molar-refractivity contribution in [3.63, 3.8) is 0 Å². The van der Waals surface area contributed by atoms with Gasteiger partial charge in [0.1, 0.15) is 6.04 Å². The van der Waals surface area contributed by atoms with Crippen molar-refractivity contribution in [1.29, 1.82) is 0 Å². The first kappa shape index (κ1) is 23.8. The maximum atomic E-state index is 13.3. The van der Waals surface area contributed by atoms with E-state index in [0.29, 0.717) is 30.0 Å². The molecule has 3 N–H and O–H groups in total. The van der Waals surface area contributed by atoms with E-state index < -0.39 is 22.0 Å². The van der Waals surface area contributed by atoms with Gasteiger partial charge in [-0.25, -0.2) is 8.42 Å². The summed E-state index contributed by atoms with van der Waals surface area (Å²) >= 11 is 0. The van der Waals surface area contributed by atoms with Crippen molar-refractivity contribution in [3.05, 3.63) is 83.4 Å². The molecule has 5 rings (SSSR count). The highest BCUT2D eigenvalue weighted by atomic mass is 32.2. The van der Waals surface area contributed by atoms with Crippen molar-refractivity contribution in [3.8, 4) is 11.5 Å². The Morgan fingerprint density at radius 1 is 0.944 bits per heavy atom. The number of ether oxygens (including phenoxy) is 2. The lowest BCUT2D eigenvalue weighted by Gasteiger charge is -2.21. The molecule has 3 aromatic rings. The highest BCUT2D eigenvalue weighted by Gasteiger charge is 2.27. The molecule has 0 saturated carbocycles. The van der Waals surface area contributed by atoms with Crippen LogP contribution in [0.2, 0.25) is 0 Å². The zero-order chi connectivity index (χ0) is 25.1. The molecule has 2 aliphatic rings. The number of carbonyl (C=O) groups is 2. The molecule has 0 aliphatic carbocycles. The minimum Gasteiger partial charge on any atom is -0.454 e. The maximum Gasteiger partial charge on any atom is 0.241 e. The Kier molecular flexibility index (Phi) is 6.62. The lowest BCUT2D eigenvalue weighted by Crippen LogP contribution is -2.47. The Morgan fingerprint density at radius 2 is 1.75 bits per heavy atom. The van der Waals surface area contributed by atoms with Crippen molar-refractivity contribution in [1.82, 2.24) is 10.0 Å². The van der Waals surface area contributed by atoms with E-state index in [1.165, 1.54) is 6.07 Å². The minimum absolute atomic E-state index is 0.0408. The van der Waals surface area contributed by atoms with Gasteiger partial charge in [-0.15, -0.1) is 0 Å². The van der Waals surface area contributed by atoms with Crippen molar-refractivity contribution >= 4 is 27.5 Å². The Labute approximate surface area is 208 Å². The number of nitrogens with one attached hydrogen (secondary N) is 3. The minimum atomic E-state index is -4.02. The molecule has 0 aromatic heterocycles. The molecule has 186 valence electrons. The fourth-order valence-electron chi connectivity index (χ4n) is 4.18. The first-order valence-corrected chi connectivity index (χ1v) is 13.0. The van der Waals surface area contributed by atoms with E-state index in [0.717, 1.165) is 16.7 Å².